The van der Waals surface area contributed by atoms with Crippen LogP contribution in [0.5, 0.6) is 5.75 Å². The molecule has 0 aliphatic heterocycles. The molecule has 0 spiro atoms. The molecule has 134 valence electrons. The smallest absolute Gasteiger partial charge is 0.416 e. The van der Waals surface area contributed by atoms with E-state index >= 15 is 0 Å². The third kappa shape index (κ3) is 3.10. The zero-order valence-electron chi connectivity index (χ0n) is 12.8. The van der Waals surface area contributed by atoms with Gasteiger partial charge in [0.05, 0.1) is 16.6 Å². The second-order valence-electron chi connectivity index (χ2n) is 5.37. The molecule has 1 amide bonds. The van der Waals surface area contributed by atoms with Crippen LogP contribution in [0.3, 0.4) is 0 Å². The summed E-state index contributed by atoms with van der Waals surface area (Å²) in [6.07, 6.45) is -4.76. The second kappa shape index (κ2) is 6.17. The van der Waals surface area contributed by atoms with Crippen LogP contribution in [0.4, 0.5) is 23.2 Å². The Morgan fingerprint density at radius 1 is 1.12 bits per heavy atom. The molecule has 0 aliphatic rings. The summed E-state index contributed by atoms with van der Waals surface area (Å²) in [5.41, 5.74) is -3.02. The van der Waals surface area contributed by atoms with E-state index in [-0.39, 0.29) is 11.5 Å². The first-order chi connectivity index (χ1) is 12.2. The number of halogens is 4. The van der Waals surface area contributed by atoms with Gasteiger partial charge in [-0.25, -0.2) is 4.39 Å². The number of amides is 1. The summed E-state index contributed by atoms with van der Waals surface area (Å²) in [4.78, 5) is 26.6. The Labute approximate surface area is 142 Å². The van der Waals surface area contributed by atoms with Gasteiger partial charge in [-0.2, -0.15) is 13.2 Å². The molecule has 3 rings (SSSR count). The van der Waals surface area contributed by atoms with E-state index in [2.05, 4.69) is 4.98 Å². The number of H-pyrrole nitrogens is 1. The predicted molar refractivity (Wildman–Crippen MR) is 85.6 cm³/mol. The summed E-state index contributed by atoms with van der Waals surface area (Å²) < 4.78 is 51.5. The van der Waals surface area contributed by atoms with Gasteiger partial charge in [-0.1, -0.05) is 12.1 Å². The molecular weight excluding hydrogens is 356 g/mol. The number of fused-ring (bicyclic) bond motifs is 1. The maximum absolute atomic E-state index is 13.9. The molecule has 5 nitrogen and oxygen atoms in total. The number of aromatic nitrogens is 1. The molecule has 0 aliphatic carbocycles. The number of rotatable bonds is 2. The SMILES string of the molecule is O=C(Nc1c(O)c2ccccc2[nH]c1=O)c1ccc(C(F)(F)F)cc1F. The van der Waals surface area contributed by atoms with Crippen LogP contribution in [-0.4, -0.2) is 16.0 Å². The molecule has 2 aromatic carbocycles. The molecule has 26 heavy (non-hydrogen) atoms. The summed E-state index contributed by atoms with van der Waals surface area (Å²) in [6, 6.07) is 7.59. The minimum Gasteiger partial charge on any atom is -0.505 e. The van der Waals surface area contributed by atoms with E-state index in [1.54, 1.807) is 12.1 Å². The van der Waals surface area contributed by atoms with E-state index in [0.717, 1.165) is 0 Å². The van der Waals surface area contributed by atoms with Crippen LogP contribution >= 0.6 is 0 Å². The topological polar surface area (TPSA) is 82.2 Å². The van der Waals surface area contributed by atoms with E-state index in [4.69, 9.17) is 0 Å². The lowest BCUT2D eigenvalue weighted by Crippen LogP contribution is -2.21. The minimum atomic E-state index is -4.76. The molecule has 0 bridgehead atoms. The van der Waals surface area contributed by atoms with Crippen LogP contribution in [0.2, 0.25) is 0 Å². The molecule has 1 aromatic heterocycles. The first-order valence-electron chi connectivity index (χ1n) is 7.20. The fraction of sp³-hybridized carbons (Fsp3) is 0.0588. The Balaban J connectivity index is 1.99. The van der Waals surface area contributed by atoms with Crippen molar-refractivity contribution in [1.82, 2.24) is 4.98 Å². The second-order valence-corrected chi connectivity index (χ2v) is 5.37. The Morgan fingerprint density at radius 3 is 2.46 bits per heavy atom. The Bertz CT molecular complexity index is 1070. The highest BCUT2D eigenvalue weighted by atomic mass is 19.4. The van der Waals surface area contributed by atoms with Gasteiger partial charge in [-0.05, 0) is 30.3 Å². The largest absolute Gasteiger partial charge is 0.505 e. The summed E-state index contributed by atoms with van der Waals surface area (Å²) in [7, 11) is 0. The van der Waals surface area contributed by atoms with Crippen LogP contribution in [-0.2, 0) is 6.18 Å². The van der Waals surface area contributed by atoms with Crippen LogP contribution in [0.15, 0.2) is 47.3 Å². The highest BCUT2D eigenvalue weighted by molar-refractivity contribution is 6.06. The van der Waals surface area contributed by atoms with Crippen LogP contribution in [0.1, 0.15) is 15.9 Å². The van der Waals surface area contributed by atoms with Gasteiger partial charge in [0, 0.05) is 5.39 Å². The molecule has 0 saturated carbocycles. The highest BCUT2D eigenvalue weighted by Crippen LogP contribution is 2.31. The van der Waals surface area contributed by atoms with Crippen molar-refractivity contribution in [3.8, 4) is 5.75 Å². The number of pyridine rings is 1. The summed E-state index contributed by atoms with van der Waals surface area (Å²) in [5.74, 6) is -3.12. The standard InChI is InChI=1S/C17H10F4N2O3/c18-11-7-8(17(19,20)21)5-6-9(11)15(25)23-13-14(24)10-3-1-2-4-12(10)22-16(13)26/h1-7H,(H,23,25)(H2,22,24,26). The average molecular weight is 366 g/mol. The average Bonchev–Trinajstić information content (AvgIpc) is 2.57. The van der Waals surface area contributed by atoms with E-state index in [9.17, 15) is 32.3 Å². The van der Waals surface area contributed by atoms with Crippen LogP contribution < -0.4 is 10.9 Å². The van der Waals surface area contributed by atoms with E-state index < -0.39 is 46.0 Å². The molecule has 0 radical (unpaired) electrons. The van der Waals surface area contributed by atoms with Crippen molar-refractivity contribution in [3.05, 3.63) is 69.8 Å². The monoisotopic (exact) mass is 366 g/mol. The zero-order valence-corrected chi connectivity index (χ0v) is 12.8. The summed E-state index contributed by atoms with van der Waals surface area (Å²) >= 11 is 0. The van der Waals surface area contributed by atoms with Crippen molar-refractivity contribution >= 4 is 22.5 Å². The maximum atomic E-state index is 13.9. The number of carbonyl (C=O) groups is 1. The number of anilines is 1. The fourth-order valence-electron chi connectivity index (χ4n) is 2.40. The van der Waals surface area contributed by atoms with Crippen molar-refractivity contribution in [2.45, 2.75) is 6.18 Å². The van der Waals surface area contributed by atoms with Gasteiger partial charge in [0.25, 0.3) is 11.5 Å². The van der Waals surface area contributed by atoms with Gasteiger partial charge < -0.3 is 15.4 Å². The fourth-order valence-corrected chi connectivity index (χ4v) is 2.40. The van der Waals surface area contributed by atoms with Gasteiger partial charge in [0.1, 0.15) is 5.82 Å². The Morgan fingerprint density at radius 2 is 1.81 bits per heavy atom. The van der Waals surface area contributed by atoms with Crippen LogP contribution in [0.25, 0.3) is 10.9 Å². The molecule has 0 unspecified atom stereocenters. The van der Waals surface area contributed by atoms with Crippen LogP contribution in [0, 0.1) is 5.82 Å². The van der Waals surface area contributed by atoms with Gasteiger partial charge >= 0.3 is 6.18 Å². The first kappa shape index (κ1) is 17.5. The predicted octanol–water partition coefficient (Wildman–Crippen LogP) is 3.64. The molecule has 0 saturated heterocycles. The van der Waals surface area contributed by atoms with Crippen molar-refractivity contribution in [2.75, 3.05) is 5.32 Å². The quantitative estimate of drug-likeness (QED) is 0.606. The normalized spacial score (nSPS) is 11.5. The number of aromatic hydroxyl groups is 1. The highest BCUT2D eigenvalue weighted by Gasteiger charge is 2.31. The van der Waals surface area contributed by atoms with E-state index in [1.807, 2.05) is 5.32 Å². The zero-order chi connectivity index (χ0) is 19.1. The number of benzene rings is 2. The Hall–Kier alpha value is -3.36. The molecule has 0 fully saturated rings. The molecule has 3 aromatic rings. The van der Waals surface area contributed by atoms with Crippen molar-refractivity contribution in [1.29, 1.82) is 0 Å². The van der Waals surface area contributed by atoms with Gasteiger partial charge in [0.2, 0.25) is 0 Å². The van der Waals surface area contributed by atoms with E-state index in [1.165, 1.54) is 12.1 Å². The molecule has 3 N–H and O–H groups in total. The van der Waals surface area contributed by atoms with E-state index in [0.29, 0.717) is 17.6 Å². The number of alkyl halides is 3. The lowest BCUT2D eigenvalue weighted by Gasteiger charge is -2.11. The maximum Gasteiger partial charge on any atom is 0.416 e. The Kier molecular flexibility index (Phi) is 4.15. The first-order valence-corrected chi connectivity index (χ1v) is 7.20. The number of aromatic amines is 1. The molecule has 0 atom stereocenters. The molecular formula is C17H10F4N2O3. The van der Waals surface area contributed by atoms with Crippen molar-refractivity contribution < 1.29 is 27.5 Å². The number of hydrogen-bond acceptors (Lipinski definition) is 3. The minimum absolute atomic E-state index is 0.180. The van der Waals surface area contributed by atoms with Gasteiger partial charge in [-0.3, -0.25) is 9.59 Å². The number of para-hydroxylation sites is 1. The number of nitrogens with one attached hydrogen (secondary N) is 2. The third-order valence-corrected chi connectivity index (χ3v) is 3.67. The summed E-state index contributed by atoms with van der Waals surface area (Å²) in [5, 5.41) is 12.4. The molecule has 1 heterocycles. The van der Waals surface area contributed by atoms with Crippen molar-refractivity contribution in [3.63, 3.8) is 0 Å². The number of hydrogen-bond donors (Lipinski definition) is 3. The number of carbonyl (C=O) groups excluding carboxylic acids is 1. The molecule has 9 heteroatoms. The lowest BCUT2D eigenvalue weighted by molar-refractivity contribution is -0.137. The van der Waals surface area contributed by atoms with Crippen molar-refractivity contribution in [2.24, 2.45) is 0 Å². The van der Waals surface area contributed by atoms with Gasteiger partial charge in [0.15, 0.2) is 11.4 Å². The summed E-state index contributed by atoms with van der Waals surface area (Å²) in [6.45, 7) is 0. The van der Waals surface area contributed by atoms with Gasteiger partial charge in [-0.15, -0.1) is 0 Å². The third-order valence-electron chi connectivity index (χ3n) is 3.67. The lowest BCUT2D eigenvalue weighted by atomic mass is 10.1.